The Labute approximate surface area is 182 Å². The van der Waals surface area contributed by atoms with Gasteiger partial charge in [0.1, 0.15) is 18.6 Å². The molecule has 12 nitrogen and oxygen atoms in total. The van der Waals surface area contributed by atoms with Crippen LogP contribution < -0.4 is 33.2 Å². The quantitative estimate of drug-likeness (QED) is 0.131. The Kier molecular flexibility index (Phi) is 13.8. The van der Waals surface area contributed by atoms with E-state index >= 15 is 0 Å². The molecule has 0 spiro atoms. The first-order valence-electron chi connectivity index (χ1n) is 10.3. The van der Waals surface area contributed by atoms with Crippen molar-refractivity contribution in [2.45, 2.75) is 70.5 Å². The van der Waals surface area contributed by atoms with Gasteiger partial charge in [0.05, 0.1) is 6.04 Å². The van der Waals surface area contributed by atoms with E-state index < -0.39 is 54.3 Å². The Morgan fingerprint density at radius 1 is 0.903 bits per heavy atom. The summed E-state index contributed by atoms with van der Waals surface area (Å²) in [5.74, 6) is -3.61. The molecule has 4 amide bonds. The van der Waals surface area contributed by atoms with Gasteiger partial charge in [-0.1, -0.05) is 13.8 Å². The minimum Gasteiger partial charge on any atom is -0.480 e. The third kappa shape index (κ3) is 13.2. The normalized spacial score (nSPS) is 13.7. The van der Waals surface area contributed by atoms with Gasteiger partial charge in [-0.25, -0.2) is 0 Å². The van der Waals surface area contributed by atoms with E-state index in [0.29, 0.717) is 19.4 Å². The van der Waals surface area contributed by atoms with Crippen LogP contribution in [-0.2, 0) is 24.0 Å². The summed E-state index contributed by atoms with van der Waals surface area (Å²) in [6, 6.07) is -2.97. The number of carbonyl (C=O) groups excluding carboxylic acids is 4. The van der Waals surface area contributed by atoms with Crippen molar-refractivity contribution in [1.29, 1.82) is 0 Å². The van der Waals surface area contributed by atoms with Crippen LogP contribution in [0.3, 0.4) is 0 Å². The molecule has 0 radical (unpaired) electrons. The van der Waals surface area contributed by atoms with Gasteiger partial charge in [-0.05, 0) is 44.6 Å². The molecule has 12 heteroatoms. The van der Waals surface area contributed by atoms with Crippen LogP contribution in [0, 0.1) is 5.92 Å². The molecule has 0 aromatic carbocycles. The average molecular weight is 445 g/mol. The smallest absolute Gasteiger partial charge is 0.322 e. The number of hydrogen-bond donors (Lipinski definition) is 7. The van der Waals surface area contributed by atoms with Crippen LogP contribution in [0.1, 0.15) is 52.4 Å². The molecule has 0 saturated carbocycles. The van der Waals surface area contributed by atoms with E-state index in [2.05, 4.69) is 16.0 Å². The third-order valence-electron chi connectivity index (χ3n) is 4.37. The summed E-state index contributed by atoms with van der Waals surface area (Å²) < 4.78 is 0. The van der Waals surface area contributed by atoms with Crippen molar-refractivity contribution in [1.82, 2.24) is 16.0 Å². The van der Waals surface area contributed by atoms with Crippen LogP contribution in [0.4, 0.5) is 0 Å². The van der Waals surface area contributed by atoms with Gasteiger partial charge < -0.3 is 38.3 Å². The molecule has 178 valence electrons. The van der Waals surface area contributed by atoms with Gasteiger partial charge in [-0.3, -0.25) is 24.0 Å². The number of carboxylic acid groups (broad SMARTS) is 1. The zero-order chi connectivity index (χ0) is 24.0. The van der Waals surface area contributed by atoms with Crippen LogP contribution in [0.15, 0.2) is 0 Å². The Bertz CT molecular complexity index is 627. The maximum Gasteiger partial charge on any atom is 0.322 e. The fraction of sp³-hybridized carbons (Fsp3) is 0.737. The van der Waals surface area contributed by atoms with Crippen molar-refractivity contribution in [2.24, 2.45) is 23.1 Å². The zero-order valence-electron chi connectivity index (χ0n) is 18.2. The maximum atomic E-state index is 12.8. The van der Waals surface area contributed by atoms with Crippen molar-refractivity contribution in [3.05, 3.63) is 0 Å². The number of carboxylic acids is 1. The van der Waals surface area contributed by atoms with E-state index in [0.717, 1.165) is 0 Å². The lowest BCUT2D eigenvalue weighted by Crippen LogP contribution is -2.56. The fourth-order valence-electron chi connectivity index (χ4n) is 2.73. The number of rotatable bonds is 16. The molecule has 3 atom stereocenters. The van der Waals surface area contributed by atoms with Crippen LogP contribution in [0.2, 0.25) is 0 Å². The molecule has 0 aliphatic carbocycles. The molecule has 0 aromatic heterocycles. The van der Waals surface area contributed by atoms with Crippen molar-refractivity contribution in [2.75, 3.05) is 13.1 Å². The van der Waals surface area contributed by atoms with Crippen LogP contribution in [0.25, 0.3) is 0 Å². The Hall–Kier alpha value is -2.73. The highest BCUT2D eigenvalue weighted by Gasteiger charge is 2.28. The molecule has 10 N–H and O–H groups in total. The molecule has 0 aromatic rings. The number of nitrogens with two attached hydrogens (primary N) is 3. The highest BCUT2D eigenvalue weighted by molar-refractivity contribution is 5.93. The number of aliphatic carboxylic acids is 1. The van der Waals surface area contributed by atoms with Crippen LogP contribution in [0.5, 0.6) is 0 Å². The number of primary amides is 1. The fourth-order valence-corrected chi connectivity index (χ4v) is 2.73. The summed E-state index contributed by atoms with van der Waals surface area (Å²) in [6.07, 6.45) is 1.68. The van der Waals surface area contributed by atoms with Gasteiger partial charge in [0.2, 0.25) is 23.6 Å². The lowest BCUT2D eigenvalue weighted by molar-refractivity contribution is -0.138. The molecule has 31 heavy (non-hydrogen) atoms. The number of hydrogen-bond acceptors (Lipinski definition) is 7. The molecule has 0 aliphatic rings. The number of nitrogens with one attached hydrogen (secondary N) is 3. The minimum atomic E-state index is -1.21. The molecule has 0 bridgehead atoms. The number of amides is 4. The van der Waals surface area contributed by atoms with Gasteiger partial charge in [-0.2, -0.15) is 0 Å². The molecule has 3 unspecified atom stereocenters. The molecule has 0 heterocycles. The first-order chi connectivity index (χ1) is 14.5. The molecular formula is C19H36N6O6. The standard InChI is InChI=1S/C19H36N6O6/c1-11(2)9-14(18(30)23-10-16(27)28)25-19(31)13(5-3-4-8-20)24-17(29)12(21)6-7-15(22)26/h11-14H,3-10,20-21H2,1-2H3,(H2,22,26)(H,23,30)(H,24,29)(H,25,31)(H,27,28). The van der Waals surface area contributed by atoms with E-state index in [4.69, 9.17) is 22.3 Å². The molecule has 0 rings (SSSR count). The van der Waals surface area contributed by atoms with E-state index in [1.165, 1.54) is 0 Å². The highest BCUT2D eigenvalue weighted by atomic mass is 16.4. The summed E-state index contributed by atoms with van der Waals surface area (Å²) >= 11 is 0. The van der Waals surface area contributed by atoms with Gasteiger partial charge >= 0.3 is 5.97 Å². The summed E-state index contributed by atoms with van der Waals surface area (Å²) in [7, 11) is 0. The second kappa shape index (κ2) is 15.1. The van der Waals surface area contributed by atoms with E-state index in [-0.39, 0.29) is 31.6 Å². The van der Waals surface area contributed by atoms with Crippen LogP contribution >= 0.6 is 0 Å². The summed E-state index contributed by atoms with van der Waals surface area (Å²) in [4.78, 5) is 59.1. The van der Waals surface area contributed by atoms with Crippen molar-refractivity contribution < 1.29 is 29.1 Å². The van der Waals surface area contributed by atoms with Crippen molar-refractivity contribution in [3.8, 4) is 0 Å². The molecule has 0 saturated heterocycles. The lowest BCUT2D eigenvalue weighted by Gasteiger charge is -2.25. The zero-order valence-corrected chi connectivity index (χ0v) is 18.2. The van der Waals surface area contributed by atoms with Crippen LogP contribution in [-0.4, -0.2) is 65.9 Å². The summed E-state index contributed by atoms with van der Waals surface area (Å²) in [5.41, 5.74) is 16.3. The number of carbonyl (C=O) groups is 5. The average Bonchev–Trinajstić information content (AvgIpc) is 2.68. The van der Waals surface area contributed by atoms with E-state index in [1.807, 2.05) is 13.8 Å². The monoisotopic (exact) mass is 444 g/mol. The van der Waals surface area contributed by atoms with Gasteiger partial charge in [-0.15, -0.1) is 0 Å². The van der Waals surface area contributed by atoms with Gasteiger partial charge in [0, 0.05) is 6.42 Å². The number of unbranched alkanes of at least 4 members (excludes halogenated alkanes) is 1. The molecule has 0 fully saturated rings. The highest BCUT2D eigenvalue weighted by Crippen LogP contribution is 2.08. The van der Waals surface area contributed by atoms with Crippen molar-refractivity contribution >= 4 is 29.6 Å². The molecular weight excluding hydrogens is 408 g/mol. The predicted molar refractivity (Wildman–Crippen MR) is 113 cm³/mol. The lowest BCUT2D eigenvalue weighted by atomic mass is 10.0. The summed E-state index contributed by atoms with van der Waals surface area (Å²) in [5, 5.41) is 16.1. The van der Waals surface area contributed by atoms with Gasteiger partial charge in [0.15, 0.2) is 0 Å². The van der Waals surface area contributed by atoms with E-state index in [1.54, 1.807) is 0 Å². The Balaban J connectivity index is 5.22. The van der Waals surface area contributed by atoms with E-state index in [9.17, 15) is 24.0 Å². The summed E-state index contributed by atoms with van der Waals surface area (Å²) in [6.45, 7) is 3.53. The maximum absolute atomic E-state index is 12.8. The van der Waals surface area contributed by atoms with Crippen molar-refractivity contribution in [3.63, 3.8) is 0 Å². The second-order valence-electron chi connectivity index (χ2n) is 7.76. The first kappa shape index (κ1) is 28.3. The Morgan fingerprint density at radius 2 is 1.52 bits per heavy atom. The second-order valence-corrected chi connectivity index (χ2v) is 7.76. The first-order valence-corrected chi connectivity index (χ1v) is 10.3. The van der Waals surface area contributed by atoms with Gasteiger partial charge in [0.25, 0.3) is 0 Å². The SMILES string of the molecule is CC(C)CC(NC(=O)C(CCCCN)NC(=O)C(N)CCC(N)=O)C(=O)NCC(=O)O. The Morgan fingerprint density at radius 3 is 2.03 bits per heavy atom. The predicted octanol–water partition coefficient (Wildman–Crippen LogP) is -2.08. The largest absolute Gasteiger partial charge is 0.480 e. The topological polar surface area (TPSA) is 220 Å². The molecule has 0 aliphatic heterocycles. The minimum absolute atomic E-state index is 0.0336. The third-order valence-corrected chi connectivity index (χ3v) is 4.37.